The van der Waals surface area contributed by atoms with Crippen LogP contribution in [0.15, 0.2) is 23.6 Å². The third-order valence-electron chi connectivity index (χ3n) is 3.13. The van der Waals surface area contributed by atoms with Crippen LogP contribution in [0.5, 0.6) is 0 Å². The molecular weight excluding hydrogens is 308 g/mol. The van der Waals surface area contributed by atoms with E-state index in [9.17, 15) is 26.4 Å². The van der Waals surface area contributed by atoms with E-state index in [0.29, 0.717) is 5.41 Å². The maximum absolute atomic E-state index is 11.8. The summed E-state index contributed by atoms with van der Waals surface area (Å²) in [6.45, 7) is 3.31. The zero-order chi connectivity index (χ0) is 15.2. The molecule has 1 spiro atoms. The predicted molar refractivity (Wildman–Crippen MR) is 69.0 cm³/mol. The van der Waals surface area contributed by atoms with Crippen LogP contribution in [-0.2, 0) is 29.3 Å². The van der Waals surface area contributed by atoms with Gasteiger partial charge < -0.3 is 5.32 Å². The third-order valence-corrected chi connectivity index (χ3v) is 5.49. The molecule has 0 aromatic heterocycles. The quantitative estimate of drug-likeness (QED) is 0.485. The Labute approximate surface area is 116 Å². The molecule has 0 saturated carbocycles. The molecule has 0 aromatic carbocycles. The Morgan fingerprint density at radius 1 is 1.55 bits per heavy atom. The van der Waals surface area contributed by atoms with Crippen LogP contribution in [0, 0.1) is 0 Å². The minimum Gasteiger partial charge on any atom is -0.300 e. The molecule has 1 fully saturated rings. The SMILES string of the molecule is C=CS(=O)(=O)CC(=O)NC1C[N+]12C=CS(=O)(=O)CC2=O. The molecule has 0 radical (unpaired) electrons. The number of carbonyl (C=O) groups is 2. The fraction of sp³-hybridized carbons (Fsp3) is 0.400. The Hall–Kier alpha value is -1.52. The van der Waals surface area contributed by atoms with Crippen LogP contribution in [0.1, 0.15) is 0 Å². The summed E-state index contributed by atoms with van der Waals surface area (Å²) >= 11 is 0. The summed E-state index contributed by atoms with van der Waals surface area (Å²) in [5.41, 5.74) is 0. The fourth-order valence-electron chi connectivity index (χ4n) is 1.93. The highest BCUT2D eigenvalue weighted by molar-refractivity contribution is 7.95. The molecule has 2 unspecified atom stereocenters. The zero-order valence-corrected chi connectivity index (χ0v) is 12.0. The number of nitrogens with zero attached hydrogens (tertiary/aromatic N) is 1. The van der Waals surface area contributed by atoms with Crippen molar-refractivity contribution in [1.29, 1.82) is 0 Å². The van der Waals surface area contributed by atoms with Gasteiger partial charge >= 0.3 is 5.91 Å². The summed E-state index contributed by atoms with van der Waals surface area (Å²) in [6.07, 6.45) is 0.607. The lowest BCUT2D eigenvalue weighted by atomic mass is 10.5. The van der Waals surface area contributed by atoms with Gasteiger partial charge in [-0.1, -0.05) is 6.58 Å². The van der Waals surface area contributed by atoms with Gasteiger partial charge in [-0.15, -0.1) is 0 Å². The summed E-state index contributed by atoms with van der Waals surface area (Å²) in [5, 5.41) is 4.03. The van der Waals surface area contributed by atoms with Gasteiger partial charge in [-0.3, -0.25) is 4.79 Å². The van der Waals surface area contributed by atoms with Gasteiger partial charge in [-0.2, -0.15) is 0 Å². The van der Waals surface area contributed by atoms with E-state index in [1.165, 1.54) is 6.20 Å². The van der Waals surface area contributed by atoms with E-state index in [-0.39, 0.29) is 11.0 Å². The molecule has 2 heterocycles. The maximum atomic E-state index is 11.8. The van der Waals surface area contributed by atoms with E-state index in [1.54, 1.807) is 0 Å². The largest absolute Gasteiger partial charge is 0.335 e. The van der Waals surface area contributed by atoms with E-state index in [1.807, 2.05) is 0 Å². The molecule has 2 aliphatic heterocycles. The molecule has 1 saturated heterocycles. The van der Waals surface area contributed by atoms with E-state index >= 15 is 0 Å². The van der Waals surface area contributed by atoms with Gasteiger partial charge in [-0.05, 0) is 0 Å². The first kappa shape index (κ1) is 14.9. The van der Waals surface area contributed by atoms with Crippen molar-refractivity contribution in [2.45, 2.75) is 6.17 Å². The Morgan fingerprint density at radius 3 is 2.75 bits per heavy atom. The summed E-state index contributed by atoms with van der Waals surface area (Å²) in [6, 6.07) is 0. The van der Waals surface area contributed by atoms with Crippen LogP contribution >= 0.6 is 0 Å². The number of carbonyl (C=O) groups excluding carboxylic acids is 2. The lowest BCUT2D eigenvalue weighted by Crippen LogP contribution is -2.44. The van der Waals surface area contributed by atoms with Gasteiger partial charge in [0.2, 0.25) is 12.1 Å². The van der Waals surface area contributed by atoms with Gasteiger partial charge in [0, 0.05) is 5.41 Å². The monoisotopic (exact) mass is 321 g/mol. The topological polar surface area (TPSA) is 114 Å². The molecule has 20 heavy (non-hydrogen) atoms. The predicted octanol–water partition coefficient (Wildman–Crippen LogP) is -1.76. The minimum atomic E-state index is -3.66. The molecule has 8 nitrogen and oxygen atoms in total. The van der Waals surface area contributed by atoms with Crippen LogP contribution in [-0.4, -0.2) is 57.3 Å². The van der Waals surface area contributed by atoms with E-state index < -0.39 is 49.2 Å². The molecule has 0 bridgehead atoms. The number of hydrogen-bond donors (Lipinski definition) is 1. The van der Waals surface area contributed by atoms with E-state index in [0.717, 1.165) is 5.41 Å². The van der Waals surface area contributed by atoms with Gasteiger partial charge in [0.15, 0.2) is 32.0 Å². The van der Waals surface area contributed by atoms with E-state index in [4.69, 9.17) is 0 Å². The molecule has 0 aromatic rings. The van der Waals surface area contributed by atoms with Crippen LogP contribution in [0.3, 0.4) is 0 Å². The molecule has 10 heteroatoms. The smallest absolute Gasteiger partial charge is 0.300 e. The molecule has 2 rings (SSSR count). The first-order chi connectivity index (χ1) is 9.10. The second-order valence-corrected chi connectivity index (χ2v) is 8.49. The van der Waals surface area contributed by atoms with Crippen molar-refractivity contribution in [1.82, 2.24) is 5.32 Å². The molecule has 2 atom stereocenters. The average molecular weight is 321 g/mol. The maximum Gasteiger partial charge on any atom is 0.335 e. The Bertz CT molecular complexity index is 721. The number of rotatable bonds is 4. The number of nitrogens with one attached hydrogen (secondary N) is 1. The molecule has 110 valence electrons. The van der Waals surface area contributed by atoms with Crippen molar-refractivity contribution in [3.63, 3.8) is 0 Å². The standard InChI is InChI=1S/C10H12N2O6S2/c1-2-19(15,16)6-9(13)11-8-5-12(8)3-4-20(17,18)7-10(12)14/h2-4,8H,1,5-7H2/p+1. The second kappa shape index (κ2) is 4.50. The van der Waals surface area contributed by atoms with Crippen molar-refractivity contribution in [3.8, 4) is 0 Å². The first-order valence-electron chi connectivity index (χ1n) is 5.58. The van der Waals surface area contributed by atoms with Crippen LogP contribution in [0.2, 0.25) is 0 Å². The van der Waals surface area contributed by atoms with Gasteiger partial charge in [0.1, 0.15) is 12.0 Å². The summed E-state index contributed by atoms with van der Waals surface area (Å²) in [4.78, 5) is 23.3. The summed E-state index contributed by atoms with van der Waals surface area (Å²) in [7, 11) is -7.18. The first-order valence-corrected chi connectivity index (χ1v) is 9.01. The number of quaternary nitrogens is 1. The summed E-state index contributed by atoms with van der Waals surface area (Å²) < 4.78 is 44.6. The highest BCUT2D eigenvalue weighted by atomic mass is 32.2. The summed E-state index contributed by atoms with van der Waals surface area (Å²) in [5.74, 6) is -2.65. The highest BCUT2D eigenvalue weighted by Gasteiger charge is 2.62. The molecule has 2 aliphatic rings. The minimum absolute atomic E-state index is 0.227. The van der Waals surface area contributed by atoms with Crippen LogP contribution in [0.4, 0.5) is 0 Å². The van der Waals surface area contributed by atoms with E-state index in [2.05, 4.69) is 11.9 Å². The molecule has 0 aliphatic carbocycles. The van der Waals surface area contributed by atoms with Gasteiger partial charge in [-0.25, -0.2) is 26.1 Å². The fourth-order valence-corrected chi connectivity index (χ4v) is 3.58. The Kier molecular flexibility index (Phi) is 3.35. The molecule has 1 N–H and O–H groups in total. The number of amides is 2. The lowest BCUT2D eigenvalue weighted by Gasteiger charge is -2.16. The van der Waals surface area contributed by atoms with Crippen molar-refractivity contribution in [2.75, 3.05) is 18.1 Å². The zero-order valence-electron chi connectivity index (χ0n) is 10.4. The van der Waals surface area contributed by atoms with Crippen LogP contribution < -0.4 is 5.32 Å². The third kappa shape index (κ3) is 2.81. The normalized spacial score (nSPS) is 31.0. The highest BCUT2D eigenvalue weighted by Crippen LogP contribution is 2.33. The Balaban J connectivity index is 2.04. The van der Waals surface area contributed by atoms with Crippen molar-refractivity contribution >= 4 is 31.5 Å². The van der Waals surface area contributed by atoms with Gasteiger partial charge in [0.25, 0.3) is 0 Å². The van der Waals surface area contributed by atoms with Crippen molar-refractivity contribution in [2.24, 2.45) is 0 Å². The average Bonchev–Trinajstić information content (AvgIpc) is 2.98. The van der Waals surface area contributed by atoms with Gasteiger partial charge in [0.05, 0.1) is 5.41 Å². The number of hydrogen-bond acceptors (Lipinski definition) is 6. The molecule has 2 amide bonds. The van der Waals surface area contributed by atoms with Crippen molar-refractivity contribution < 1.29 is 30.9 Å². The van der Waals surface area contributed by atoms with Crippen LogP contribution in [0.25, 0.3) is 0 Å². The lowest BCUT2D eigenvalue weighted by molar-refractivity contribution is -0.676. The molecular formula is C10H13N2O6S2+. The van der Waals surface area contributed by atoms with Crippen molar-refractivity contribution in [3.05, 3.63) is 23.6 Å². The number of sulfone groups is 2. The second-order valence-electron chi connectivity index (χ2n) is 4.66. The Morgan fingerprint density at radius 2 is 2.20 bits per heavy atom.